The summed E-state index contributed by atoms with van der Waals surface area (Å²) in [7, 11) is -0.647. The van der Waals surface area contributed by atoms with E-state index < -0.39 is 8.22 Å². The molecule has 144 valence electrons. The highest BCUT2D eigenvalue weighted by Crippen LogP contribution is 2.46. The summed E-state index contributed by atoms with van der Waals surface area (Å²) in [5, 5.41) is 6.13. The van der Waals surface area contributed by atoms with Crippen molar-refractivity contribution in [3.05, 3.63) is 36.0 Å². The van der Waals surface area contributed by atoms with Crippen LogP contribution in [-0.4, -0.2) is 51.9 Å². The van der Waals surface area contributed by atoms with Gasteiger partial charge in [0.2, 0.25) is 5.88 Å². The molecule has 1 aromatic heterocycles. The molecule has 0 aliphatic carbocycles. The fourth-order valence-electron chi connectivity index (χ4n) is 3.18. The van der Waals surface area contributed by atoms with Crippen molar-refractivity contribution in [2.75, 3.05) is 32.8 Å². The first-order valence-corrected chi connectivity index (χ1v) is 10.9. The van der Waals surface area contributed by atoms with E-state index in [9.17, 15) is 0 Å². The second kappa shape index (κ2) is 10.1. The second-order valence-electron chi connectivity index (χ2n) is 5.99. The second-order valence-corrected chi connectivity index (χ2v) is 8.14. The number of ether oxygens (including phenoxy) is 1. The number of hydrogen-bond acceptors (Lipinski definition) is 4. The predicted molar refractivity (Wildman–Crippen MR) is 112 cm³/mol. The summed E-state index contributed by atoms with van der Waals surface area (Å²) in [5.41, 5.74) is 2.10. The molecule has 0 atom stereocenters. The Balaban J connectivity index is 2.65. The molecule has 0 N–H and O–H groups in total. The van der Waals surface area contributed by atoms with Gasteiger partial charge in [0.05, 0.1) is 31.5 Å². The first-order valence-electron chi connectivity index (χ1n) is 9.70. The normalized spacial score (nSPS) is 11.7. The zero-order valence-corrected chi connectivity index (χ0v) is 18.0. The summed E-state index contributed by atoms with van der Waals surface area (Å²) < 4.78 is 13.2. The van der Waals surface area contributed by atoms with Crippen molar-refractivity contribution in [3.8, 4) is 11.6 Å². The molecule has 5 nitrogen and oxygen atoms in total. The molecule has 0 fully saturated rings. The highest BCUT2D eigenvalue weighted by Gasteiger charge is 2.32. The summed E-state index contributed by atoms with van der Waals surface area (Å²) in [4.78, 5) is 0. The molecule has 0 aliphatic heterocycles. The van der Waals surface area contributed by atoms with Crippen LogP contribution in [-0.2, 0) is 0 Å². The molecular weight excluding hydrogens is 343 g/mol. The van der Waals surface area contributed by atoms with Crippen LogP contribution >= 0.6 is 8.22 Å². The van der Waals surface area contributed by atoms with Crippen LogP contribution in [0.2, 0.25) is 0 Å². The first kappa shape index (κ1) is 20.9. The van der Waals surface area contributed by atoms with E-state index in [0.717, 1.165) is 43.4 Å². The molecule has 2 aromatic rings. The van der Waals surface area contributed by atoms with Crippen molar-refractivity contribution in [1.82, 2.24) is 19.1 Å². The maximum Gasteiger partial charge on any atom is 0.227 e. The third kappa shape index (κ3) is 4.28. The van der Waals surface area contributed by atoms with Gasteiger partial charge in [0.25, 0.3) is 0 Å². The van der Waals surface area contributed by atoms with Gasteiger partial charge >= 0.3 is 0 Å². The summed E-state index contributed by atoms with van der Waals surface area (Å²) in [5.74, 6) is 0.890. The Morgan fingerprint density at radius 2 is 1.46 bits per heavy atom. The quantitative estimate of drug-likeness (QED) is 0.582. The van der Waals surface area contributed by atoms with Gasteiger partial charge < -0.3 is 4.74 Å². The Labute approximate surface area is 159 Å². The fourth-order valence-corrected chi connectivity index (χ4v) is 5.84. The molecule has 0 amide bonds. The largest absolute Gasteiger partial charge is 0.477 e. The molecule has 0 unspecified atom stereocenters. The molecule has 0 saturated heterocycles. The van der Waals surface area contributed by atoms with Crippen LogP contribution in [0, 0.1) is 6.92 Å². The molecule has 1 aromatic carbocycles. The van der Waals surface area contributed by atoms with Crippen LogP contribution in [0.5, 0.6) is 5.88 Å². The van der Waals surface area contributed by atoms with E-state index in [1.54, 1.807) is 0 Å². The number of aromatic nitrogens is 2. The Morgan fingerprint density at radius 3 is 1.92 bits per heavy atom. The lowest BCUT2D eigenvalue weighted by Crippen LogP contribution is -2.34. The minimum Gasteiger partial charge on any atom is -0.477 e. The van der Waals surface area contributed by atoms with Gasteiger partial charge in [0, 0.05) is 26.2 Å². The molecule has 0 spiro atoms. The van der Waals surface area contributed by atoms with Gasteiger partial charge in [0.1, 0.15) is 0 Å². The van der Waals surface area contributed by atoms with E-state index in [-0.39, 0.29) is 0 Å². The van der Waals surface area contributed by atoms with Gasteiger partial charge in [-0.05, 0) is 26.0 Å². The van der Waals surface area contributed by atoms with Gasteiger partial charge in [-0.15, -0.1) is 0 Å². The summed E-state index contributed by atoms with van der Waals surface area (Å²) >= 11 is 0. The zero-order valence-electron chi connectivity index (χ0n) is 17.1. The lowest BCUT2D eigenvalue weighted by atomic mass is 10.3. The van der Waals surface area contributed by atoms with E-state index in [1.807, 2.05) is 29.8 Å². The molecule has 26 heavy (non-hydrogen) atoms. The predicted octanol–water partition coefficient (Wildman–Crippen LogP) is 4.20. The fraction of sp³-hybridized carbons (Fsp3) is 0.550. The Morgan fingerprint density at radius 1 is 0.923 bits per heavy atom. The minimum atomic E-state index is -0.647. The maximum absolute atomic E-state index is 6.17. The van der Waals surface area contributed by atoms with Gasteiger partial charge in [-0.3, -0.25) is 9.34 Å². The molecule has 6 heteroatoms. The van der Waals surface area contributed by atoms with Crippen LogP contribution < -0.4 is 10.0 Å². The highest BCUT2D eigenvalue weighted by atomic mass is 31.1. The van der Waals surface area contributed by atoms with Crippen molar-refractivity contribution >= 4 is 13.5 Å². The molecular formula is C20H33N4OP. The molecule has 0 aliphatic rings. The lowest BCUT2D eigenvalue weighted by molar-refractivity contribution is 0.318. The molecule has 0 bridgehead atoms. The SMILES string of the molecule is CCOc1c(P(N(CC)CC)N(CC)CC)c(C)nn1-c1ccccc1. The highest BCUT2D eigenvalue weighted by molar-refractivity contribution is 7.61. The number of rotatable bonds is 10. The third-order valence-corrected chi connectivity index (χ3v) is 7.58. The molecule has 0 saturated carbocycles. The zero-order chi connectivity index (χ0) is 19.1. The summed E-state index contributed by atoms with van der Waals surface area (Å²) in [6, 6.07) is 10.3. The Kier molecular flexibility index (Phi) is 8.08. The number of nitrogens with zero attached hydrogens (tertiary/aromatic N) is 4. The first-order chi connectivity index (χ1) is 12.6. The number of aryl methyl sites for hydroxylation is 1. The molecule has 2 rings (SSSR count). The van der Waals surface area contributed by atoms with Crippen LogP contribution in [0.4, 0.5) is 0 Å². The van der Waals surface area contributed by atoms with Crippen LogP contribution in [0.1, 0.15) is 40.3 Å². The minimum absolute atomic E-state index is 0.630. The number of hydrogen-bond donors (Lipinski definition) is 0. The smallest absolute Gasteiger partial charge is 0.227 e. The lowest BCUT2D eigenvalue weighted by Gasteiger charge is -2.37. The topological polar surface area (TPSA) is 33.5 Å². The van der Waals surface area contributed by atoms with Crippen LogP contribution in [0.15, 0.2) is 30.3 Å². The maximum atomic E-state index is 6.17. The van der Waals surface area contributed by atoms with Crippen molar-refractivity contribution in [1.29, 1.82) is 0 Å². The van der Waals surface area contributed by atoms with Crippen molar-refractivity contribution in [3.63, 3.8) is 0 Å². The van der Waals surface area contributed by atoms with Gasteiger partial charge in [-0.25, -0.2) is 4.68 Å². The van der Waals surface area contributed by atoms with Gasteiger partial charge in [-0.2, -0.15) is 5.10 Å². The summed E-state index contributed by atoms with van der Waals surface area (Å²) in [6.45, 7) is 17.8. The molecule has 0 radical (unpaired) electrons. The number of benzene rings is 1. The number of para-hydroxylation sites is 1. The van der Waals surface area contributed by atoms with Crippen molar-refractivity contribution in [2.24, 2.45) is 0 Å². The molecule has 1 heterocycles. The monoisotopic (exact) mass is 376 g/mol. The van der Waals surface area contributed by atoms with Gasteiger partial charge in [0.15, 0.2) is 0 Å². The van der Waals surface area contributed by atoms with E-state index in [2.05, 4.69) is 56.1 Å². The van der Waals surface area contributed by atoms with Crippen molar-refractivity contribution < 1.29 is 4.74 Å². The summed E-state index contributed by atoms with van der Waals surface area (Å²) in [6.07, 6.45) is 0. The van der Waals surface area contributed by atoms with E-state index in [1.165, 1.54) is 5.30 Å². The van der Waals surface area contributed by atoms with E-state index in [4.69, 9.17) is 9.84 Å². The van der Waals surface area contributed by atoms with Crippen molar-refractivity contribution in [2.45, 2.75) is 41.5 Å². The average molecular weight is 376 g/mol. The van der Waals surface area contributed by atoms with E-state index >= 15 is 0 Å². The van der Waals surface area contributed by atoms with E-state index in [0.29, 0.717) is 6.61 Å². The van der Waals surface area contributed by atoms with Crippen LogP contribution in [0.3, 0.4) is 0 Å². The third-order valence-electron chi connectivity index (χ3n) is 4.47. The van der Waals surface area contributed by atoms with Gasteiger partial charge in [-0.1, -0.05) is 45.9 Å². The standard InChI is InChI=1S/C20H33N4OP/c1-7-22(8-2)26(23(9-3)10-4)19-17(6)21-24(20(19)25-11-5)18-15-13-12-14-16-18/h12-16H,7-11H2,1-6H3. The Bertz CT molecular complexity index is 654. The Hall–Kier alpha value is -1.42. The average Bonchev–Trinajstić information content (AvgIpc) is 2.99. The van der Waals surface area contributed by atoms with Crippen LogP contribution in [0.25, 0.3) is 5.69 Å².